The first kappa shape index (κ1) is 19.1. The van der Waals surface area contributed by atoms with Gasteiger partial charge in [0.25, 0.3) is 5.91 Å². The topological polar surface area (TPSA) is 66.9 Å². The Kier molecular flexibility index (Phi) is 6.24. The molecule has 7 heteroatoms. The summed E-state index contributed by atoms with van der Waals surface area (Å²) in [6.07, 6.45) is 1.50. The number of anilines is 1. The van der Waals surface area contributed by atoms with E-state index in [9.17, 15) is 13.8 Å². The molecule has 1 fully saturated rings. The number of carbonyl (C=O) groups excluding carboxylic acids is 2. The Morgan fingerprint density at radius 3 is 2.26 bits per heavy atom. The molecule has 1 saturated heterocycles. The molecule has 1 aliphatic rings. The van der Waals surface area contributed by atoms with Crippen LogP contribution in [-0.4, -0.2) is 60.0 Å². The predicted molar refractivity (Wildman–Crippen MR) is 104 cm³/mol. The molecule has 2 aromatic rings. The van der Waals surface area contributed by atoms with E-state index in [0.29, 0.717) is 18.0 Å². The zero-order valence-corrected chi connectivity index (χ0v) is 16.0. The largest absolute Gasteiger partial charge is 0.452 e. The lowest BCUT2D eigenvalue weighted by atomic mass is 10.2. The summed E-state index contributed by atoms with van der Waals surface area (Å²) in [4.78, 5) is 29.0. The second kappa shape index (κ2) is 8.81. The number of hydrogen-bond acceptors (Lipinski definition) is 5. The van der Waals surface area contributed by atoms with Crippen molar-refractivity contribution in [1.82, 2.24) is 4.90 Å². The molecule has 0 aliphatic carbocycles. The number of rotatable bonds is 5. The average Bonchev–Trinajstić information content (AvgIpc) is 2.72. The van der Waals surface area contributed by atoms with Gasteiger partial charge in [-0.05, 0) is 24.3 Å². The monoisotopic (exact) mass is 386 g/mol. The number of para-hydroxylation sites is 1. The summed E-state index contributed by atoms with van der Waals surface area (Å²) in [6, 6.07) is 16.6. The number of benzene rings is 2. The Balaban J connectivity index is 1.52. The van der Waals surface area contributed by atoms with Gasteiger partial charge in [0.1, 0.15) is 0 Å². The van der Waals surface area contributed by atoms with Crippen molar-refractivity contribution in [2.45, 2.75) is 4.90 Å². The predicted octanol–water partition coefficient (Wildman–Crippen LogP) is 1.93. The Hall–Kier alpha value is -2.67. The third kappa shape index (κ3) is 4.74. The van der Waals surface area contributed by atoms with E-state index in [1.807, 2.05) is 30.3 Å². The molecule has 0 spiro atoms. The summed E-state index contributed by atoms with van der Waals surface area (Å²) in [5, 5.41) is 0. The van der Waals surface area contributed by atoms with E-state index in [1.54, 1.807) is 29.2 Å². The second-order valence-corrected chi connectivity index (χ2v) is 7.58. The van der Waals surface area contributed by atoms with E-state index < -0.39 is 16.8 Å². The highest BCUT2D eigenvalue weighted by atomic mass is 32.2. The van der Waals surface area contributed by atoms with Gasteiger partial charge >= 0.3 is 5.97 Å². The van der Waals surface area contributed by atoms with Gasteiger partial charge in [0.15, 0.2) is 6.61 Å². The zero-order chi connectivity index (χ0) is 19.2. The number of ether oxygens (including phenoxy) is 1. The molecule has 0 unspecified atom stereocenters. The van der Waals surface area contributed by atoms with Crippen molar-refractivity contribution in [2.75, 3.05) is 43.9 Å². The highest BCUT2D eigenvalue weighted by molar-refractivity contribution is 7.84. The molecular formula is C20H22N2O4S. The third-order valence-electron chi connectivity index (χ3n) is 4.50. The van der Waals surface area contributed by atoms with Crippen molar-refractivity contribution in [1.29, 1.82) is 0 Å². The number of hydrogen-bond donors (Lipinski definition) is 0. The summed E-state index contributed by atoms with van der Waals surface area (Å²) < 4.78 is 16.9. The summed E-state index contributed by atoms with van der Waals surface area (Å²) in [5.74, 6) is -0.844. The SMILES string of the molecule is C[S@@](=O)c1ccccc1C(=O)OCC(=O)N1CCN(c2ccccc2)CC1. The van der Waals surface area contributed by atoms with Crippen LogP contribution >= 0.6 is 0 Å². The van der Waals surface area contributed by atoms with E-state index in [4.69, 9.17) is 4.74 Å². The smallest absolute Gasteiger partial charge is 0.339 e. The van der Waals surface area contributed by atoms with Crippen LogP contribution in [0.2, 0.25) is 0 Å². The van der Waals surface area contributed by atoms with Crippen molar-refractivity contribution in [3.8, 4) is 0 Å². The van der Waals surface area contributed by atoms with Gasteiger partial charge in [-0.2, -0.15) is 0 Å². The molecule has 0 saturated carbocycles. The normalized spacial score (nSPS) is 15.3. The molecule has 0 bridgehead atoms. The molecule has 0 N–H and O–H groups in total. The average molecular weight is 386 g/mol. The van der Waals surface area contributed by atoms with Gasteiger partial charge in [0.05, 0.1) is 21.3 Å². The lowest BCUT2D eigenvalue weighted by molar-refractivity contribution is -0.134. The van der Waals surface area contributed by atoms with E-state index in [1.165, 1.54) is 6.26 Å². The number of esters is 1. The van der Waals surface area contributed by atoms with Crippen LogP contribution in [-0.2, 0) is 20.3 Å². The molecule has 2 aromatic carbocycles. The van der Waals surface area contributed by atoms with Crippen LogP contribution in [0.25, 0.3) is 0 Å². The number of carbonyl (C=O) groups is 2. The Bertz CT molecular complexity index is 833. The van der Waals surface area contributed by atoms with Crippen LogP contribution in [0, 0.1) is 0 Å². The highest BCUT2D eigenvalue weighted by Crippen LogP contribution is 2.16. The van der Waals surface area contributed by atoms with Crippen molar-refractivity contribution in [3.63, 3.8) is 0 Å². The van der Waals surface area contributed by atoms with E-state index in [2.05, 4.69) is 4.90 Å². The van der Waals surface area contributed by atoms with E-state index in [0.717, 1.165) is 18.8 Å². The van der Waals surface area contributed by atoms with Gasteiger partial charge in [-0.3, -0.25) is 9.00 Å². The highest BCUT2D eigenvalue weighted by Gasteiger charge is 2.23. The van der Waals surface area contributed by atoms with Gasteiger partial charge < -0.3 is 14.5 Å². The molecule has 0 aromatic heterocycles. The first-order valence-corrected chi connectivity index (χ1v) is 10.3. The van der Waals surface area contributed by atoms with E-state index >= 15 is 0 Å². The molecule has 27 heavy (non-hydrogen) atoms. The minimum Gasteiger partial charge on any atom is -0.452 e. The van der Waals surface area contributed by atoms with Crippen LogP contribution in [0.5, 0.6) is 0 Å². The molecule has 142 valence electrons. The minimum atomic E-state index is -1.30. The number of piperazine rings is 1. The molecule has 1 heterocycles. The summed E-state index contributed by atoms with van der Waals surface area (Å²) in [7, 11) is -1.30. The molecule has 6 nitrogen and oxygen atoms in total. The fourth-order valence-electron chi connectivity index (χ4n) is 3.04. The van der Waals surface area contributed by atoms with Crippen molar-refractivity contribution in [3.05, 3.63) is 60.2 Å². The molecule has 1 amide bonds. The zero-order valence-electron chi connectivity index (χ0n) is 15.2. The maximum atomic E-state index is 12.4. The maximum Gasteiger partial charge on any atom is 0.339 e. The minimum absolute atomic E-state index is 0.217. The van der Waals surface area contributed by atoms with Crippen LogP contribution < -0.4 is 4.90 Å². The lowest BCUT2D eigenvalue weighted by Gasteiger charge is -2.36. The van der Waals surface area contributed by atoms with E-state index in [-0.39, 0.29) is 18.1 Å². The van der Waals surface area contributed by atoms with Crippen molar-refractivity contribution in [2.24, 2.45) is 0 Å². The fourth-order valence-corrected chi connectivity index (χ4v) is 3.77. The number of amides is 1. The first-order valence-electron chi connectivity index (χ1n) is 8.73. The Labute approximate surface area is 161 Å². The maximum absolute atomic E-state index is 12.4. The van der Waals surface area contributed by atoms with Crippen LogP contribution in [0.4, 0.5) is 5.69 Å². The van der Waals surface area contributed by atoms with Crippen LogP contribution in [0.3, 0.4) is 0 Å². The van der Waals surface area contributed by atoms with Gasteiger partial charge in [0, 0.05) is 38.1 Å². The molecular weight excluding hydrogens is 364 g/mol. The van der Waals surface area contributed by atoms with Crippen LogP contribution in [0.15, 0.2) is 59.5 Å². The van der Waals surface area contributed by atoms with Crippen LogP contribution in [0.1, 0.15) is 10.4 Å². The van der Waals surface area contributed by atoms with Gasteiger partial charge in [0.2, 0.25) is 0 Å². The van der Waals surface area contributed by atoms with Gasteiger partial charge in [-0.1, -0.05) is 30.3 Å². The fraction of sp³-hybridized carbons (Fsp3) is 0.300. The summed E-state index contributed by atoms with van der Waals surface area (Å²) in [6.45, 7) is 2.33. The van der Waals surface area contributed by atoms with Crippen molar-refractivity contribution < 1.29 is 18.5 Å². The first-order chi connectivity index (χ1) is 13.1. The Morgan fingerprint density at radius 2 is 1.59 bits per heavy atom. The third-order valence-corrected chi connectivity index (χ3v) is 5.47. The van der Waals surface area contributed by atoms with Gasteiger partial charge in [-0.25, -0.2) is 4.79 Å². The molecule has 3 rings (SSSR count). The molecule has 0 radical (unpaired) electrons. The summed E-state index contributed by atoms with van der Waals surface area (Å²) in [5.41, 5.74) is 1.38. The summed E-state index contributed by atoms with van der Waals surface area (Å²) >= 11 is 0. The number of nitrogens with zero attached hydrogens (tertiary/aromatic N) is 2. The standard InChI is InChI=1S/C20H22N2O4S/c1-27(25)18-10-6-5-9-17(18)20(24)26-15-19(23)22-13-11-21(12-14-22)16-7-3-2-4-8-16/h2-10H,11-15H2,1H3/t27-/m1/s1. The second-order valence-electron chi connectivity index (χ2n) is 6.23. The van der Waals surface area contributed by atoms with Gasteiger partial charge in [-0.15, -0.1) is 0 Å². The quantitative estimate of drug-likeness (QED) is 0.735. The van der Waals surface area contributed by atoms with Crippen molar-refractivity contribution >= 4 is 28.4 Å². The molecule has 1 aliphatic heterocycles. The molecule has 1 atom stereocenters. The Morgan fingerprint density at radius 1 is 0.963 bits per heavy atom. The lowest BCUT2D eigenvalue weighted by Crippen LogP contribution is -2.49.